The second kappa shape index (κ2) is 6.60. The monoisotopic (exact) mass is 316 g/mol. The Morgan fingerprint density at radius 3 is 2.65 bits per heavy atom. The molecule has 0 saturated carbocycles. The summed E-state index contributed by atoms with van der Waals surface area (Å²) in [6.45, 7) is 1.61. The number of piperidine rings is 1. The third kappa shape index (κ3) is 3.39. The molecule has 1 aliphatic rings. The van der Waals surface area contributed by atoms with Crippen LogP contribution in [-0.2, 0) is 0 Å². The molecular weight excluding hydrogens is 299 g/mol. The third-order valence-corrected chi connectivity index (χ3v) is 4.00. The van der Waals surface area contributed by atoms with Crippen molar-refractivity contribution < 1.29 is 9.31 Å². The molecule has 0 atom stereocenters. The number of halogens is 1. The second-order valence-corrected chi connectivity index (χ2v) is 5.49. The van der Waals surface area contributed by atoms with Gasteiger partial charge in [0.05, 0.1) is 4.92 Å². The predicted octanol–water partition coefficient (Wildman–Crippen LogP) is 3.21. The van der Waals surface area contributed by atoms with Gasteiger partial charge in [0.25, 0.3) is 0 Å². The lowest BCUT2D eigenvalue weighted by atomic mass is 10.0. The first-order valence-electron chi connectivity index (χ1n) is 7.50. The normalized spacial score (nSPS) is 15.4. The van der Waals surface area contributed by atoms with E-state index in [4.69, 9.17) is 0 Å². The Morgan fingerprint density at radius 1 is 1.22 bits per heavy atom. The zero-order valence-corrected chi connectivity index (χ0v) is 12.5. The van der Waals surface area contributed by atoms with Crippen molar-refractivity contribution in [3.05, 3.63) is 58.5 Å². The van der Waals surface area contributed by atoms with Crippen molar-refractivity contribution in [3.63, 3.8) is 0 Å². The van der Waals surface area contributed by atoms with Gasteiger partial charge in [-0.1, -0.05) is 12.1 Å². The summed E-state index contributed by atoms with van der Waals surface area (Å²) < 4.78 is 13.6. The summed E-state index contributed by atoms with van der Waals surface area (Å²) in [5.41, 5.74) is -0.244. The number of nitrogens with zero attached hydrogens (tertiary/aromatic N) is 3. The van der Waals surface area contributed by atoms with Gasteiger partial charge in [0, 0.05) is 25.3 Å². The quantitative estimate of drug-likeness (QED) is 0.693. The fourth-order valence-electron chi connectivity index (χ4n) is 2.83. The summed E-state index contributed by atoms with van der Waals surface area (Å²) in [5, 5.41) is 14.1. The van der Waals surface area contributed by atoms with Crippen LogP contribution in [0, 0.1) is 15.9 Å². The minimum Gasteiger partial charge on any atom is -0.377 e. The number of anilines is 2. The number of hydrogen-bond acceptors (Lipinski definition) is 5. The summed E-state index contributed by atoms with van der Waals surface area (Å²) in [7, 11) is 0. The molecule has 0 aliphatic carbocycles. The maximum atomic E-state index is 13.6. The molecule has 1 aromatic heterocycles. The summed E-state index contributed by atoms with van der Waals surface area (Å²) in [6.07, 6.45) is 3.38. The van der Waals surface area contributed by atoms with Crippen molar-refractivity contribution in [2.24, 2.45) is 0 Å². The van der Waals surface area contributed by atoms with Crippen LogP contribution in [0.15, 0.2) is 42.6 Å². The number of hydrogen-bond donors (Lipinski definition) is 1. The number of pyridine rings is 1. The number of nitro groups is 1. The maximum Gasteiger partial charge on any atom is 0.327 e. The Bertz CT molecular complexity index is 688. The molecule has 2 heterocycles. The van der Waals surface area contributed by atoms with Crippen molar-refractivity contribution in [1.29, 1.82) is 0 Å². The maximum absolute atomic E-state index is 13.6. The van der Waals surface area contributed by atoms with Crippen LogP contribution in [0.5, 0.6) is 0 Å². The summed E-state index contributed by atoms with van der Waals surface area (Å²) in [4.78, 5) is 16.9. The second-order valence-electron chi connectivity index (χ2n) is 5.49. The topological polar surface area (TPSA) is 71.3 Å². The van der Waals surface area contributed by atoms with Gasteiger partial charge in [-0.15, -0.1) is 0 Å². The standard InChI is InChI=1S/C16H17FN4O2/c17-13-4-3-5-14(16(13)21(22)23)19-12-7-10-20(11-8-12)15-6-1-2-9-18-15/h1-6,9,12,19H,7-8,10-11H2. The van der Waals surface area contributed by atoms with Gasteiger partial charge in [-0.3, -0.25) is 10.1 Å². The number of nitro benzene ring substituents is 1. The molecule has 2 aromatic rings. The van der Waals surface area contributed by atoms with Crippen LogP contribution in [-0.4, -0.2) is 29.0 Å². The van der Waals surface area contributed by atoms with Crippen molar-refractivity contribution in [2.45, 2.75) is 18.9 Å². The molecule has 7 heteroatoms. The number of nitrogens with one attached hydrogen (secondary N) is 1. The van der Waals surface area contributed by atoms with E-state index in [1.54, 1.807) is 12.3 Å². The van der Waals surface area contributed by atoms with Crippen molar-refractivity contribution in [1.82, 2.24) is 4.98 Å². The Kier molecular flexibility index (Phi) is 4.36. The highest BCUT2D eigenvalue weighted by atomic mass is 19.1. The van der Waals surface area contributed by atoms with Crippen LogP contribution in [0.4, 0.5) is 21.6 Å². The Morgan fingerprint density at radius 2 is 2.00 bits per heavy atom. The Labute approximate surface area is 133 Å². The van der Waals surface area contributed by atoms with E-state index in [0.717, 1.165) is 37.8 Å². The lowest BCUT2D eigenvalue weighted by Gasteiger charge is -2.33. The zero-order valence-electron chi connectivity index (χ0n) is 12.5. The third-order valence-electron chi connectivity index (χ3n) is 4.00. The summed E-state index contributed by atoms with van der Waals surface area (Å²) in [6, 6.07) is 10.00. The van der Waals surface area contributed by atoms with E-state index < -0.39 is 16.4 Å². The van der Waals surface area contributed by atoms with Gasteiger partial charge in [0.15, 0.2) is 0 Å². The van der Waals surface area contributed by atoms with Crippen LogP contribution in [0.1, 0.15) is 12.8 Å². The Balaban J connectivity index is 1.66. The SMILES string of the molecule is O=[N+]([O-])c1c(F)cccc1NC1CCN(c2ccccn2)CC1. The first-order valence-corrected chi connectivity index (χ1v) is 7.50. The van der Waals surface area contributed by atoms with E-state index in [0.29, 0.717) is 0 Å². The highest BCUT2D eigenvalue weighted by Gasteiger charge is 2.24. The van der Waals surface area contributed by atoms with Crippen LogP contribution in [0.2, 0.25) is 0 Å². The fourth-order valence-corrected chi connectivity index (χ4v) is 2.83. The molecule has 0 radical (unpaired) electrons. The summed E-state index contributed by atoms with van der Waals surface area (Å²) >= 11 is 0. The smallest absolute Gasteiger partial charge is 0.327 e. The van der Waals surface area contributed by atoms with Crippen molar-refractivity contribution in [2.75, 3.05) is 23.3 Å². The number of rotatable bonds is 4. The minimum absolute atomic E-state index is 0.0791. The van der Waals surface area contributed by atoms with Crippen LogP contribution in [0.25, 0.3) is 0 Å². The minimum atomic E-state index is -0.814. The summed E-state index contributed by atoms with van der Waals surface area (Å²) in [5.74, 6) is 0.119. The van der Waals surface area contributed by atoms with Crippen LogP contribution in [0.3, 0.4) is 0 Å². The molecule has 1 fully saturated rings. The molecule has 0 amide bonds. The number of benzene rings is 1. The molecule has 3 rings (SSSR count). The van der Waals surface area contributed by atoms with Gasteiger partial charge in [-0.2, -0.15) is 4.39 Å². The van der Waals surface area contributed by atoms with Gasteiger partial charge in [0.2, 0.25) is 5.82 Å². The van der Waals surface area contributed by atoms with Crippen LogP contribution < -0.4 is 10.2 Å². The molecule has 0 spiro atoms. The highest BCUT2D eigenvalue weighted by Crippen LogP contribution is 2.29. The van der Waals surface area contributed by atoms with E-state index in [1.165, 1.54) is 6.07 Å². The molecule has 1 N–H and O–H groups in total. The predicted molar refractivity (Wildman–Crippen MR) is 86.1 cm³/mol. The average molecular weight is 316 g/mol. The van der Waals surface area contributed by atoms with Crippen LogP contribution >= 0.6 is 0 Å². The van der Waals surface area contributed by atoms with E-state index in [1.807, 2.05) is 18.2 Å². The molecular formula is C16H17FN4O2. The van der Waals surface area contributed by atoms with Gasteiger partial charge < -0.3 is 10.2 Å². The molecule has 1 saturated heterocycles. The highest BCUT2D eigenvalue weighted by molar-refractivity contribution is 5.62. The largest absolute Gasteiger partial charge is 0.377 e. The molecule has 1 aromatic carbocycles. The van der Waals surface area contributed by atoms with E-state index in [-0.39, 0.29) is 11.7 Å². The molecule has 0 bridgehead atoms. The number of aromatic nitrogens is 1. The fraction of sp³-hybridized carbons (Fsp3) is 0.312. The van der Waals surface area contributed by atoms with Gasteiger partial charge in [-0.05, 0) is 37.1 Å². The molecule has 1 aliphatic heterocycles. The molecule has 6 nitrogen and oxygen atoms in total. The number of para-hydroxylation sites is 1. The lowest BCUT2D eigenvalue weighted by molar-refractivity contribution is -0.386. The molecule has 120 valence electrons. The lowest BCUT2D eigenvalue weighted by Crippen LogP contribution is -2.39. The van der Waals surface area contributed by atoms with Gasteiger partial charge >= 0.3 is 5.69 Å². The van der Waals surface area contributed by atoms with E-state index in [9.17, 15) is 14.5 Å². The van der Waals surface area contributed by atoms with Gasteiger partial charge in [-0.25, -0.2) is 4.98 Å². The molecule has 0 unspecified atom stereocenters. The van der Waals surface area contributed by atoms with Crippen molar-refractivity contribution in [3.8, 4) is 0 Å². The average Bonchev–Trinajstić information content (AvgIpc) is 2.56. The first-order chi connectivity index (χ1) is 11.1. The van der Waals surface area contributed by atoms with E-state index >= 15 is 0 Å². The van der Waals surface area contributed by atoms with Gasteiger partial charge in [0.1, 0.15) is 11.5 Å². The molecule has 23 heavy (non-hydrogen) atoms. The Hall–Kier alpha value is -2.70. The van der Waals surface area contributed by atoms with E-state index in [2.05, 4.69) is 15.2 Å². The first kappa shape index (κ1) is 15.2. The zero-order chi connectivity index (χ0) is 16.2. The van der Waals surface area contributed by atoms with Crippen molar-refractivity contribution >= 4 is 17.2 Å².